The van der Waals surface area contributed by atoms with Crippen molar-refractivity contribution in [2.75, 3.05) is 5.32 Å². The van der Waals surface area contributed by atoms with Gasteiger partial charge >= 0.3 is 0 Å². The summed E-state index contributed by atoms with van der Waals surface area (Å²) >= 11 is 0. The summed E-state index contributed by atoms with van der Waals surface area (Å²) in [5.74, 6) is 1.03. The molecule has 1 fully saturated rings. The second-order valence-electron chi connectivity index (χ2n) is 6.46. The zero-order valence-corrected chi connectivity index (χ0v) is 13.3. The first-order chi connectivity index (χ1) is 11.8. The van der Waals surface area contributed by atoms with Gasteiger partial charge in [-0.15, -0.1) is 0 Å². The average Bonchev–Trinajstić information content (AvgIpc) is 3.31. The summed E-state index contributed by atoms with van der Waals surface area (Å²) in [7, 11) is 0. The van der Waals surface area contributed by atoms with Gasteiger partial charge in [-0.2, -0.15) is 10.4 Å². The van der Waals surface area contributed by atoms with Gasteiger partial charge < -0.3 is 5.32 Å². The molecule has 0 saturated heterocycles. The predicted molar refractivity (Wildman–Crippen MR) is 86.8 cm³/mol. The Balaban J connectivity index is 1.67. The van der Waals surface area contributed by atoms with E-state index in [1.807, 2.05) is 10.9 Å². The highest BCUT2D eigenvalue weighted by atomic mass is 16.1. The molecule has 3 heterocycles. The minimum absolute atomic E-state index is 0.0625. The molecule has 1 N–H and O–H groups in total. The van der Waals surface area contributed by atoms with Gasteiger partial charge in [0, 0.05) is 17.3 Å². The summed E-state index contributed by atoms with van der Waals surface area (Å²) in [5.41, 5.74) is 2.43. The standard InChI is InChI=1S/C17H18N6O/c18-6-5-14(11-3-1-2-4-11)23-9-12(8-21-23)16-13-7-15(24)22-17(13)20-10-19-16/h8-11,14H,1-5,7H2,(H,19,20,22,24). The van der Waals surface area contributed by atoms with E-state index in [0.29, 0.717) is 24.6 Å². The molecule has 1 aliphatic carbocycles. The molecule has 1 atom stereocenters. The van der Waals surface area contributed by atoms with Gasteiger partial charge in [-0.25, -0.2) is 9.97 Å². The van der Waals surface area contributed by atoms with Crippen LogP contribution in [-0.2, 0) is 11.2 Å². The lowest BCUT2D eigenvalue weighted by atomic mass is 9.96. The predicted octanol–water partition coefficient (Wildman–Crippen LogP) is 2.48. The van der Waals surface area contributed by atoms with Gasteiger partial charge in [0.15, 0.2) is 0 Å². The second kappa shape index (κ2) is 6.04. The van der Waals surface area contributed by atoms with Crippen molar-refractivity contribution in [2.24, 2.45) is 5.92 Å². The van der Waals surface area contributed by atoms with E-state index in [0.717, 1.165) is 29.7 Å². The number of anilines is 1. The minimum atomic E-state index is -0.0625. The van der Waals surface area contributed by atoms with Crippen molar-refractivity contribution >= 4 is 11.7 Å². The second-order valence-corrected chi connectivity index (χ2v) is 6.46. The largest absolute Gasteiger partial charge is 0.310 e. The first kappa shape index (κ1) is 14.8. The highest BCUT2D eigenvalue weighted by Gasteiger charge is 2.28. The van der Waals surface area contributed by atoms with Crippen LogP contribution in [0.1, 0.15) is 43.7 Å². The first-order valence-corrected chi connectivity index (χ1v) is 8.31. The summed E-state index contributed by atoms with van der Waals surface area (Å²) in [4.78, 5) is 20.1. The van der Waals surface area contributed by atoms with E-state index in [4.69, 9.17) is 0 Å². The Morgan fingerprint density at radius 2 is 2.21 bits per heavy atom. The SMILES string of the molecule is N#CCC(C1CCCC1)n1cc(-c2ncnc3c2CC(=O)N3)cn1. The van der Waals surface area contributed by atoms with E-state index in [-0.39, 0.29) is 11.9 Å². The molecule has 7 heteroatoms. The summed E-state index contributed by atoms with van der Waals surface area (Å²) in [6.07, 6.45) is 10.7. The fraction of sp³-hybridized carbons (Fsp3) is 0.471. The molecule has 0 radical (unpaired) electrons. The van der Waals surface area contributed by atoms with E-state index >= 15 is 0 Å². The third-order valence-electron chi connectivity index (χ3n) is 5.00. The topological polar surface area (TPSA) is 96.5 Å². The van der Waals surface area contributed by atoms with Crippen LogP contribution in [0.15, 0.2) is 18.7 Å². The van der Waals surface area contributed by atoms with Crippen molar-refractivity contribution in [3.8, 4) is 17.3 Å². The number of fused-ring (bicyclic) bond motifs is 1. The maximum atomic E-state index is 11.6. The number of nitriles is 1. The zero-order valence-electron chi connectivity index (χ0n) is 13.3. The maximum absolute atomic E-state index is 11.6. The number of carbonyl (C=O) groups is 1. The minimum Gasteiger partial charge on any atom is -0.310 e. The summed E-state index contributed by atoms with van der Waals surface area (Å²) < 4.78 is 1.91. The Kier molecular flexibility index (Phi) is 3.73. The fourth-order valence-electron chi connectivity index (χ4n) is 3.83. The molecule has 24 heavy (non-hydrogen) atoms. The van der Waals surface area contributed by atoms with Crippen LogP contribution in [0.5, 0.6) is 0 Å². The Labute approximate surface area is 139 Å². The molecule has 0 spiro atoms. The zero-order chi connectivity index (χ0) is 16.5. The van der Waals surface area contributed by atoms with Crippen molar-refractivity contribution in [2.45, 2.75) is 44.6 Å². The number of nitrogens with zero attached hydrogens (tertiary/aromatic N) is 5. The average molecular weight is 322 g/mol. The van der Waals surface area contributed by atoms with Crippen molar-refractivity contribution < 1.29 is 4.79 Å². The van der Waals surface area contributed by atoms with Crippen LogP contribution in [0.2, 0.25) is 0 Å². The number of amides is 1. The normalized spacial score (nSPS) is 18.2. The highest BCUT2D eigenvalue weighted by Crippen LogP contribution is 2.37. The lowest BCUT2D eigenvalue weighted by Crippen LogP contribution is -2.17. The molecule has 0 bridgehead atoms. The van der Waals surface area contributed by atoms with Gasteiger partial charge in [0.1, 0.15) is 12.1 Å². The third kappa shape index (κ3) is 2.54. The molecule has 4 rings (SSSR count). The van der Waals surface area contributed by atoms with Crippen molar-refractivity contribution in [3.05, 3.63) is 24.3 Å². The summed E-state index contributed by atoms with van der Waals surface area (Å²) in [6.45, 7) is 0. The number of aromatic nitrogens is 4. The van der Waals surface area contributed by atoms with Gasteiger partial charge in [0.2, 0.25) is 5.91 Å². The van der Waals surface area contributed by atoms with Crippen LogP contribution in [0, 0.1) is 17.2 Å². The number of rotatable bonds is 4. The lowest BCUT2D eigenvalue weighted by Gasteiger charge is -2.21. The van der Waals surface area contributed by atoms with Gasteiger partial charge in [0.25, 0.3) is 0 Å². The van der Waals surface area contributed by atoms with Crippen LogP contribution in [0.25, 0.3) is 11.3 Å². The molecule has 1 saturated carbocycles. The quantitative estimate of drug-likeness (QED) is 0.932. The van der Waals surface area contributed by atoms with E-state index in [2.05, 4.69) is 26.5 Å². The van der Waals surface area contributed by atoms with Gasteiger partial charge in [0.05, 0.1) is 36.8 Å². The Bertz CT molecular complexity index is 815. The first-order valence-electron chi connectivity index (χ1n) is 8.31. The molecule has 1 amide bonds. The number of hydrogen-bond acceptors (Lipinski definition) is 5. The molecule has 2 aromatic rings. The molecule has 2 aromatic heterocycles. The number of hydrogen-bond donors (Lipinski definition) is 1. The number of nitrogens with one attached hydrogen (secondary N) is 1. The van der Waals surface area contributed by atoms with Crippen LogP contribution in [-0.4, -0.2) is 25.7 Å². The van der Waals surface area contributed by atoms with E-state index < -0.39 is 0 Å². The molecular weight excluding hydrogens is 304 g/mol. The van der Waals surface area contributed by atoms with Gasteiger partial charge in [-0.05, 0) is 18.8 Å². The van der Waals surface area contributed by atoms with Crippen molar-refractivity contribution in [1.82, 2.24) is 19.7 Å². The highest BCUT2D eigenvalue weighted by molar-refractivity contribution is 5.99. The Hall–Kier alpha value is -2.75. The molecule has 2 aliphatic rings. The van der Waals surface area contributed by atoms with Gasteiger partial charge in [-0.1, -0.05) is 12.8 Å². The Morgan fingerprint density at radius 3 is 3.00 bits per heavy atom. The lowest BCUT2D eigenvalue weighted by molar-refractivity contribution is -0.115. The smallest absolute Gasteiger partial charge is 0.230 e. The maximum Gasteiger partial charge on any atom is 0.230 e. The van der Waals surface area contributed by atoms with Crippen LogP contribution >= 0.6 is 0 Å². The van der Waals surface area contributed by atoms with Gasteiger partial charge in [-0.3, -0.25) is 9.48 Å². The van der Waals surface area contributed by atoms with Crippen molar-refractivity contribution in [1.29, 1.82) is 5.26 Å². The third-order valence-corrected chi connectivity index (χ3v) is 5.00. The Morgan fingerprint density at radius 1 is 1.38 bits per heavy atom. The van der Waals surface area contributed by atoms with Crippen LogP contribution in [0.4, 0.5) is 5.82 Å². The van der Waals surface area contributed by atoms with E-state index in [1.165, 1.54) is 19.2 Å². The molecule has 7 nitrogen and oxygen atoms in total. The van der Waals surface area contributed by atoms with E-state index in [9.17, 15) is 10.1 Å². The van der Waals surface area contributed by atoms with Crippen LogP contribution in [0.3, 0.4) is 0 Å². The van der Waals surface area contributed by atoms with E-state index in [1.54, 1.807) is 6.20 Å². The molecular formula is C17H18N6O. The summed E-state index contributed by atoms with van der Waals surface area (Å²) in [6, 6.07) is 2.41. The molecule has 122 valence electrons. The molecule has 0 aromatic carbocycles. The fourth-order valence-corrected chi connectivity index (χ4v) is 3.83. The monoisotopic (exact) mass is 322 g/mol. The van der Waals surface area contributed by atoms with Crippen LogP contribution < -0.4 is 5.32 Å². The summed E-state index contributed by atoms with van der Waals surface area (Å²) in [5, 5.41) is 16.4. The van der Waals surface area contributed by atoms with Crippen molar-refractivity contribution in [3.63, 3.8) is 0 Å². The number of carbonyl (C=O) groups excluding carboxylic acids is 1. The molecule has 1 unspecified atom stereocenters. The molecule has 1 aliphatic heterocycles.